The van der Waals surface area contributed by atoms with Crippen LogP contribution in [-0.4, -0.2) is 36.9 Å². The summed E-state index contributed by atoms with van der Waals surface area (Å²) in [5.41, 5.74) is 0. The summed E-state index contributed by atoms with van der Waals surface area (Å²) >= 11 is 0. The van der Waals surface area contributed by atoms with E-state index in [0.717, 1.165) is 0 Å². The standard InChI is InChI=1S/C12H23NO3/c1-9(2)11(5-6-14)13-12(15)8-16-7-10-3-4-10/h9-11,14H,3-8H2,1-2H3,(H,13,15). The predicted octanol–water partition coefficient (Wildman–Crippen LogP) is 0.936. The van der Waals surface area contributed by atoms with Crippen LogP contribution in [0, 0.1) is 11.8 Å². The Labute approximate surface area is 97.4 Å². The highest BCUT2D eigenvalue weighted by Crippen LogP contribution is 2.28. The summed E-state index contributed by atoms with van der Waals surface area (Å²) in [7, 11) is 0. The van der Waals surface area contributed by atoms with Crippen LogP contribution in [0.15, 0.2) is 0 Å². The van der Waals surface area contributed by atoms with Crippen molar-refractivity contribution in [3.63, 3.8) is 0 Å². The monoisotopic (exact) mass is 229 g/mol. The lowest BCUT2D eigenvalue weighted by molar-refractivity contribution is -0.127. The average Bonchev–Trinajstić information content (AvgIpc) is 3.01. The predicted molar refractivity (Wildman–Crippen MR) is 62.0 cm³/mol. The van der Waals surface area contributed by atoms with Crippen LogP contribution in [0.25, 0.3) is 0 Å². The third kappa shape index (κ3) is 5.47. The Morgan fingerprint density at radius 3 is 2.69 bits per heavy atom. The van der Waals surface area contributed by atoms with Gasteiger partial charge >= 0.3 is 0 Å². The first-order chi connectivity index (χ1) is 7.63. The van der Waals surface area contributed by atoms with Crippen molar-refractivity contribution < 1.29 is 14.6 Å². The molecule has 0 aromatic rings. The van der Waals surface area contributed by atoms with Crippen LogP contribution < -0.4 is 5.32 Å². The van der Waals surface area contributed by atoms with Crippen molar-refractivity contribution in [2.75, 3.05) is 19.8 Å². The van der Waals surface area contributed by atoms with Gasteiger partial charge in [0.1, 0.15) is 6.61 Å². The minimum Gasteiger partial charge on any atom is -0.396 e. The summed E-state index contributed by atoms with van der Waals surface area (Å²) in [6, 6.07) is 0.0435. The summed E-state index contributed by atoms with van der Waals surface area (Å²) in [6.07, 6.45) is 3.08. The second-order valence-corrected chi connectivity index (χ2v) is 4.89. The molecule has 1 saturated carbocycles. The van der Waals surface area contributed by atoms with Gasteiger partial charge in [0.25, 0.3) is 0 Å². The summed E-state index contributed by atoms with van der Waals surface area (Å²) in [5.74, 6) is 0.943. The highest BCUT2D eigenvalue weighted by molar-refractivity contribution is 5.77. The molecule has 0 saturated heterocycles. The molecule has 4 heteroatoms. The smallest absolute Gasteiger partial charge is 0.246 e. The zero-order valence-electron chi connectivity index (χ0n) is 10.2. The number of aliphatic hydroxyl groups is 1. The van der Waals surface area contributed by atoms with E-state index >= 15 is 0 Å². The van der Waals surface area contributed by atoms with Gasteiger partial charge in [-0.25, -0.2) is 0 Å². The molecule has 0 bridgehead atoms. The molecular weight excluding hydrogens is 206 g/mol. The van der Waals surface area contributed by atoms with Crippen molar-refractivity contribution in [1.82, 2.24) is 5.32 Å². The molecule has 0 aromatic carbocycles. The van der Waals surface area contributed by atoms with E-state index in [1.807, 2.05) is 13.8 Å². The number of amides is 1. The maximum Gasteiger partial charge on any atom is 0.246 e. The van der Waals surface area contributed by atoms with Crippen LogP contribution in [-0.2, 0) is 9.53 Å². The molecule has 1 rings (SSSR count). The first kappa shape index (κ1) is 13.5. The highest BCUT2D eigenvalue weighted by atomic mass is 16.5. The Morgan fingerprint density at radius 2 is 2.19 bits per heavy atom. The number of hydrogen-bond acceptors (Lipinski definition) is 3. The van der Waals surface area contributed by atoms with Crippen molar-refractivity contribution in [2.45, 2.75) is 39.2 Å². The van der Waals surface area contributed by atoms with Crippen LogP contribution in [0.1, 0.15) is 33.1 Å². The van der Waals surface area contributed by atoms with E-state index in [0.29, 0.717) is 24.9 Å². The van der Waals surface area contributed by atoms with E-state index in [2.05, 4.69) is 5.32 Å². The molecule has 4 nitrogen and oxygen atoms in total. The molecule has 0 spiro atoms. The Hall–Kier alpha value is -0.610. The van der Waals surface area contributed by atoms with Gasteiger partial charge in [-0.15, -0.1) is 0 Å². The quantitative estimate of drug-likeness (QED) is 0.651. The second kappa shape index (κ2) is 6.86. The molecule has 1 fully saturated rings. The zero-order chi connectivity index (χ0) is 12.0. The fraction of sp³-hybridized carbons (Fsp3) is 0.917. The van der Waals surface area contributed by atoms with Crippen LogP contribution in [0.3, 0.4) is 0 Å². The third-order valence-corrected chi connectivity index (χ3v) is 2.87. The normalized spacial score (nSPS) is 17.5. The molecule has 1 aliphatic rings. The molecule has 0 aromatic heterocycles. The number of carbonyl (C=O) groups is 1. The molecule has 0 heterocycles. The van der Waals surface area contributed by atoms with E-state index in [1.54, 1.807) is 0 Å². The maximum atomic E-state index is 11.5. The van der Waals surface area contributed by atoms with Gasteiger partial charge in [0.2, 0.25) is 5.91 Å². The largest absolute Gasteiger partial charge is 0.396 e. The van der Waals surface area contributed by atoms with E-state index < -0.39 is 0 Å². The molecule has 0 radical (unpaired) electrons. The van der Waals surface area contributed by atoms with Gasteiger partial charge in [-0.3, -0.25) is 4.79 Å². The van der Waals surface area contributed by atoms with Crippen LogP contribution >= 0.6 is 0 Å². The minimum atomic E-state index is -0.0761. The number of aliphatic hydroxyl groups excluding tert-OH is 1. The fourth-order valence-electron chi connectivity index (χ4n) is 1.56. The van der Waals surface area contributed by atoms with Crippen molar-refractivity contribution >= 4 is 5.91 Å². The number of hydrogen-bond donors (Lipinski definition) is 2. The second-order valence-electron chi connectivity index (χ2n) is 4.89. The number of ether oxygens (including phenoxy) is 1. The van der Waals surface area contributed by atoms with Crippen LogP contribution in [0.2, 0.25) is 0 Å². The molecule has 1 unspecified atom stereocenters. The molecule has 1 aliphatic carbocycles. The molecule has 0 aliphatic heterocycles. The van der Waals surface area contributed by atoms with Crippen molar-refractivity contribution in [1.29, 1.82) is 0 Å². The Morgan fingerprint density at radius 1 is 1.50 bits per heavy atom. The van der Waals surface area contributed by atoms with E-state index in [4.69, 9.17) is 9.84 Å². The lowest BCUT2D eigenvalue weighted by Gasteiger charge is -2.21. The molecule has 94 valence electrons. The summed E-state index contributed by atoms with van der Waals surface area (Å²) in [4.78, 5) is 11.5. The summed E-state index contributed by atoms with van der Waals surface area (Å²) in [6.45, 7) is 5.02. The van der Waals surface area contributed by atoms with E-state index in [9.17, 15) is 4.79 Å². The molecule has 1 atom stereocenters. The minimum absolute atomic E-state index is 0.0435. The molecule has 2 N–H and O–H groups in total. The topological polar surface area (TPSA) is 58.6 Å². The summed E-state index contributed by atoms with van der Waals surface area (Å²) < 4.78 is 5.30. The van der Waals surface area contributed by atoms with Gasteiger partial charge < -0.3 is 15.2 Å². The first-order valence-corrected chi connectivity index (χ1v) is 6.11. The van der Waals surface area contributed by atoms with Gasteiger partial charge in [0, 0.05) is 12.6 Å². The lowest BCUT2D eigenvalue weighted by Crippen LogP contribution is -2.41. The Kier molecular flexibility index (Phi) is 5.77. The van der Waals surface area contributed by atoms with Gasteiger partial charge in [-0.2, -0.15) is 0 Å². The maximum absolute atomic E-state index is 11.5. The number of nitrogens with one attached hydrogen (secondary N) is 1. The van der Waals surface area contributed by atoms with Gasteiger partial charge in [-0.05, 0) is 31.1 Å². The van der Waals surface area contributed by atoms with E-state index in [1.165, 1.54) is 12.8 Å². The third-order valence-electron chi connectivity index (χ3n) is 2.87. The highest BCUT2D eigenvalue weighted by Gasteiger charge is 2.22. The summed E-state index contributed by atoms with van der Waals surface area (Å²) in [5, 5.41) is 11.8. The fourth-order valence-corrected chi connectivity index (χ4v) is 1.56. The number of carbonyl (C=O) groups excluding carboxylic acids is 1. The zero-order valence-corrected chi connectivity index (χ0v) is 10.2. The van der Waals surface area contributed by atoms with Gasteiger partial charge in [0.05, 0.1) is 6.61 Å². The van der Waals surface area contributed by atoms with Crippen molar-refractivity contribution in [3.05, 3.63) is 0 Å². The Bertz CT molecular complexity index is 214. The van der Waals surface area contributed by atoms with Gasteiger partial charge in [0.15, 0.2) is 0 Å². The molecular formula is C12H23NO3. The molecule has 1 amide bonds. The first-order valence-electron chi connectivity index (χ1n) is 6.11. The Balaban J connectivity index is 2.13. The molecule has 16 heavy (non-hydrogen) atoms. The van der Waals surface area contributed by atoms with Crippen LogP contribution in [0.4, 0.5) is 0 Å². The lowest BCUT2D eigenvalue weighted by atomic mass is 10.0. The van der Waals surface area contributed by atoms with Crippen LogP contribution in [0.5, 0.6) is 0 Å². The SMILES string of the molecule is CC(C)C(CCO)NC(=O)COCC1CC1. The van der Waals surface area contributed by atoms with Crippen molar-refractivity contribution in [2.24, 2.45) is 11.8 Å². The number of rotatable bonds is 8. The average molecular weight is 229 g/mol. The van der Waals surface area contributed by atoms with E-state index in [-0.39, 0.29) is 25.2 Å². The van der Waals surface area contributed by atoms with Gasteiger partial charge in [-0.1, -0.05) is 13.8 Å². The van der Waals surface area contributed by atoms with Crippen molar-refractivity contribution in [3.8, 4) is 0 Å².